The second-order valence-electron chi connectivity index (χ2n) is 7.46. The SMILES string of the molecule is Cc1ccccc1NC(=O)c1c(-c2ccccc2)n(Cc2cccnc2)c(C)cc1=O. The zero-order valence-electron chi connectivity index (χ0n) is 17.5. The maximum atomic E-state index is 13.4. The lowest BCUT2D eigenvalue weighted by Gasteiger charge is -2.20. The average molecular weight is 409 g/mol. The number of amides is 1. The van der Waals surface area contributed by atoms with Crippen LogP contribution in [-0.4, -0.2) is 15.5 Å². The number of rotatable bonds is 5. The monoisotopic (exact) mass is 409 g/mol. The van der Waals surface area contributed by atoms with E-state index < -0.39 is 5.91 Å². The fraction of sp³-hybridized carbons (Fsp3) is 0.115. The molecule has 31 heavy (non-hydrogen) atoms. The Balaban J connectivity index is 1.90. The number of nitrogens with one attached hydrogen (secondary N) is 1. The predicted octanol–water partition coefficient (Wildman–Crippen LogP) is 4.83. The molecule has 0 saturated carbocycles. The number of para-hydroxylation sites is 1. The summed E-state index contributed by atoms with van der Waals surface area (Å²) in [7, 11) is 0. The molecule has 0 spiro atoms. The zero-order chi connectivity index (χ0) is 21.8. The lowest BCUT2D eigenvalue weighted by atomic mass is 10.0. The molecule has 2 aromatic heterocycles. The van der Waals surface area contributed by atoms with Crippen LogP contribution in [0.3, 0.4) is 0 Å². The van der Waals surface area contributed by atoms with E-state index in [1.807, 2.05) is 85.1 Å². The molecule has 4 rings (SSSR count). The number of aromatic nitrogens is 2. The van der Waals surface area contributed by atoms with Gasteiger partial charge >= 0.3 is 0 Å². The van der Waals surface area contributed by atoms with Gasteiger partial charge in [-0.05, 0) is 42.7 Å². The van der Waals surface area contributed by atoms with Gasteiger partial charge in [0.05, 0.1) is 5.69 Å². The van der Waals surface area contributed by atoms with E-state index in [9.17, 15) is 9.59 Å². The molecule has 0 aliphatic carbocycles. The van der Waals surface area contributed by atoms with Gasteiger partial charge in [-0.25, -0.2) is 0 Å². The van der Waals surface area contributed by atoms with Crippen molar-refractivity contribution in [3.8, 4) is 11.3 Å². The Morgan fingerprint density at radius 2 is 1.71 bits per heavy atom. The van der Waals surface area contributed by atoms with Crippen molar-refractivity contribution in [3.05, 3.63) is 118 Å². The number of carbonyl (C=O) groups is 1. The standard InChI is InChI=1S/C26H23N3O2/c1-18-9-6-7-13-22(18)28-26(31)24-23(30)15-19(2)29(17-20-10-8-14-27-16-20)25(24)21-11-4-3-5-12-21/h3-16H,17H2,1-2H3,(H,28,31). The Labute approximate surface area is 181 Å². The van der Waals surface area contributed by atoms with Gasteiger partial charge in [-0.15, -0.1) is 0 Å². The highest BCUT2D eigenvalue weighted by Gasteiger charge is 2.22. The fourth-order valence-corrected chi connectivity index (χ4v) is 3.66. The normalized spacial score (nSPS) is 10.6. The van der Waals surface area contributed by atoms with Crippen LogP contribution in [0.4, 0.5) is 5.69 Å². The zero-order valence-corrected chi connectivity index (χ0v) is 17.5. The summed E-state index contributed by atoms with van der Waals surface area (Å²) in [5, 5.41) is 2.92. The number of nitrogens with zero attached hydrogens (tertiary/aromatic N) is 2. The maximum Gasteiger partial charge on any atom is 0.261 e. The van der Waals surface area contributed by atoms with Gasteiger partial charge in [0.2, 0.25) is 0 Å². The minimum Gasteiger partial charge on any atom is -0.340 e. The van der Waals surface area contributed by atoms with E-state index in [1.54, 1.807) is 12.4 Å². The van der Waals surface area contributed by atoms with Crippen LogP contribution in [0.5, 0.6) is 0 Å². The first-order valence-electron chi connectivity index (χ1n) is 10.1. The van der Waals surface area contributed by atoms with Crippen molar-refractivity contribution in [2.75, 3.05) is 5.32 Å². The van der Waals surface area contributed by atoms with Crippen LogP contribution in [0, 0.1) is 13.8 Å². The van der Waals surface area contributed by atoms with E-state index in [1.165, 1.54) is 6.07 Å². The Hall–Kier alpha value is -3.99. The second-order valence-corrected chi connectivity index (χ2v) is 7.46. The van der Waals surface area contributed by atoms with Gasteiger partial charge < -0.3 is 9.88 Å². The number of aryl methyl sites for hydroxylation is 2. The van der Waals surface area contributed by atoms with Crippen molar-refractivity contribution < 1.29 is 4.79 Å². The summed E-state index contributed by atoms with van der Waals surface area (Å²) >= 11 is 0. The Bertz CT molecular complexity index is 1280. The summed E-state index contributed by atoms with van der Waals surface area (Å²) in [6.45, 7) is 4.30. The summed E-state index contributed by atoms with van der Waals surface area (Å²) in [4.78, 5) is 30.6. The molecule has 0 fully saturated rings. The van der Waals surface area contributed by atoms with Gasteiger partial charge in [-0.1, -0.05) is 54.6 Å². The first-order chi connectivity index (χ1) is 15.0. The van der Waals surface area contributed by atoms with Crippen molar-refractivity contribution in [1.29, 1.82) is 0 Å². The molecule has 2 heterocycles. The topological polar surface area (TPSA) is 64.0 Å². The maximum absolute atomic E-state index is 13.4. The number of hydrogen-bond acceptors (Lipinski definition) is 3. The molecule has 0 aliphatic heterocycles. The number of pyridine rings is 2. The van der Waals surface area contributed by atoms with E-state index in [0.29, 0.717) is 17.9 Å². The fourth-order valence-electron chi connectivity index (χ4n) is 3.66. The van der Waals surface area contributed by atoms with Crippen molar-refractivity contribution in [2.24, 2.45) is 0 Å². The number of benzene rings is 2. The van der Waals surface area contributed by atoms with E-state index in [2.05, 4.69) is 10.3 Å². The molecule has 154 valence electrons. The molecule has 5 nitrogen and oxygen atoms in total. The summed E-state index contributed by atoms with van der Waals surface area (Å²) in [5.74, 6) is -0.418. The van der Waals surface area contributed by atoms with Crippen LogP contribution in [0.25, 0.3) is 11.3 Å². The molecule has 1 amide bonds. The molecule has 0 radical (unpaired) electrons. The van der Waals surface area contributed by atoms with Gasteiger partial charge in [-0.2, -0.15) is 0 Å². The summed E-state index contributed by atoms with van der Waals surface area (Å²) in [5.41, 5.74) is 4.61. The molecule has 1 N–H and O–H groups in total. The van der Waals surface area contributed by atoms with Crippen molar-refractivity contribution in [1.82, 2.24) is 9.55 Å². The molecule has 4 aromatic rings. The molecule has 0 atom stereocenters. The van der Waals surface area contributed by atoms with E-state index in [4.69, 9.17) is 0 Å². The van der Waals surface area contributed by atoms with Crippen LogP contribution in [-0.2, 0) is 6.54 Å². The number of anilines is 1. The third kappa shape index (κ3) is 4.31. The number of carbonyl (C=O) groups excluding carboxylic acids is 1. The van der Waals surface area contributed by atoms with E-state index in [-0.39, 0.29) is 11.0 Å². The van der Waals surface area contributed by atoms with E-state index in [0.717, 1.165) is 22.4 Å². The average Bonchev–Trinajstić information content (AvgIpc) is 2.78. The molecule has 0 unspecified atom stereocenters. The highest BCUT2D eigenvalue weighted by Crippen LogP contribution is 2.25. The van der Waals surface area contributed by atoms with Crippen molar-refractivity contribution >= 4 is 11.6 Å². The minimum absolute atomic E-state index is 0.129. The molecule has 5 heteroatoms. The van der Waals surface area contributed by atoms with E-state index >= 15 is 0 Å². The second kappa shape index (κ2) is 8.79. The van der Waals surface area contributed by atoms with Gasteiger partial charge in [0.15, 0.2) is 5.43 Å². The largest absolute Gasteiger partial charge is 0.340 e. The van der Waals surface area contributed by atoms with Crippen LogP contribution >= 0.6 is 0 Å². The predicted molar refractivity (Wildman–Crippen MR) is 123 cm³/mol. The van der Waals surface area contributed by atoms with Gasteiger partial charge in [-0.3, -0.25) is 14.6 Å². The lowest BCUT2D eigenvalue weighted by molar-refractivity contribution is 0.102. The van der Waals surface area contributed by atoms with Crippen LogP contribution < -0.4 is 10.7 Å². The van der Waals surface area contributed by atoms with Gasteiger partial charge in [0.25, 0.3) is 5.91 Å². The Kier molecular flexibility index (Phi) is 5.76. The highest BCUT2D eigenvalue weighted by atomic mass is 16.2. The third-order valence-electron chi connectivity index (χ3n) is 5.25. The van der Waals surface area contributed by atoms with Crippen LogP contribution in [0.1, 0.15) is 27.2 Å². The first kappa shape index (κ1) is 20.3. The molecular weight excluding hydrogens is 386 g/mol. The number of hydrogen-bond donors (Lipinski definition) is 1. The Morgan fingerprint density at radius 3 is 2.42 bits per heavy atom. The minimum atomic E-state index is -0.418. The van der Waals surface area contributed by atoms with Gasteiger partial charge in [0.1, 0.15) is 5.56 Å². The van der Waals surface area contributed by atoms with Crippen molar-refractivity contribution in [3.63, 3.8) is 0 Å². The molecule has 0 saturated heterocycles. The third-order valence-corrected chi connectivity index (χ3v) is 5.25. The van der Waals surface area contributed by atoms with Crippen LogP contribution in [0.15, 0.2) is 90.0 Å². The van der Waals surface area contributed by atoms with Crippen LogP contribution in [0.2, 0.25) is 0 Å². The molecule has 0 bridgehead atoms. The lowest BCUT2D eigenvalue weighted by Crippen LogP contribution is -2.27. The van der Waals surface area contributed by atoms with Crippen molar-refractivity contribution in [2.45, 2.75) is 20.4 Å². The summed E-state index contributed by atoms with van der Waals surface area (Å²) in [6, 6.07) is 22.4. The molecular formula is C26H23N3O2. The quantitative estimate of drug-likeness (QED) is 0.514. The summed E-state index contributed by atoms with van der Waals surface area (Å²) < 4.78 is 2.00. The smallest absolute Gasteiger partial charge is 0.261 e. The molecule has 0 aliphatic rings. The highest BCUT2D eigenvalue weighted by molar-refractivity contribution is 6.08. The van der Waals surface area contributed by atoms with Gasteiger partial charge in [0, 0.05) is 36.4 Å². The summed E-state index contributed by atoms with van der Waals surface area (Å²) in [6.07, 6.45) is 3.51. The Morgan fingerprint density at radius 1 is 0.968 bits per heavy atom. The molecule has 2 aromatic carbocycles. The first-order valence-corrected chi connectivity index (χ1v) is 10.1.